The summed E-state index contributed by atoms with van der Waals surface area (Å²) in [6.45, 7) is 5.61. The minimum Gasteiger partial charge on any atom is -0.454 e. The fraction of sp³-hybridized carbons (Fsp3) is 0.280. The highest BCUT2D eigenvalue weighted by atomic mass is 32.1. The molecule has 10 nitrogen and oxygen atoms in total. The molecule has 1 aromatic heterocycles. The number of amides is 3. The molecule has 4 rings (SSSR count). The third-order valence-corrected chi connectivity index (χ3v) is 6.90. The van der Waals surface area contributed by atoms with Crippen LogP contribution in [0.3, 0.4) is 0 Å². The highest BCUT2D eigenvalue weighted by Gasteiger charge is 2.38. The topological polar surface area (TPSA) is 150 Å². The number of rotatable bonds is 8. The van der Waals surface area contributed by atoms with Crippen molar-refractivity contribution in [3.63, 3.8) is 0 Å². The molecule has 1 atom stereocenters. The predicted octanol–water partition coefficient (Wildman–Crippen LogP) is 3.38. The fourth-order valence-electron chi connectivity index (χ4n) is 3.71. The lowest BCUT2D eigenvalue weighted by molar-refractivity contribution is -0.124. The standard InChI is InChI=1S/C25H26FN5O5S/c1-4-25(2,3)29-23(33)20(13-5-7-14(26)8-6-13)31(15-9-10-16-17(11-15)36-12-35-16)24(34)21-18(27)19(22(28)32)30-37-21/h5-11,20H,4,12,27H2,1-3H3,(H2,28,32)(H,29,33)/t20-/m0/s1. The number of hydrogen-bond acceptors (Lipinski definition) is 8. The molecule has 2 heterocycles. The van der Waals surface area contributed by atoms with Gasteiger partial charge in [-0.05, 0) is 61.6 Å². The van der Waals surface area contributed by atoms with Crippen molar-refractivity contribution in [3.8, 4) is 11.5 Å². The maximum absolute atomic E-state index is 14.1. The number of carbonyl (C=O) groups excluding carboxylic acids is 3. The molecule has 0 bridgehead atoms. The molecule has 37 heavy (non-hydrogen) atoms. The second-order valence-corrected chi connectivity index (χ2v) is 9.81. The summed E-state index contributed by atoms with van der Waals surface area (Å²) in [5, 5.41) is 2.97. The Hall–Kier alpha value is -4.19. The Morgan fingerprint density at radius 1 is 1.16 bits per heavy atom. The molecule has 0 saturated carbocycles. The number of nitrogens with two attached hydrogens (primary N) is 2. The molecule has 5 N–H and O–H groups in total. The normalized spacial score (nSPS) is 13.2. The Kier molecular flexibility index (Phi) is 7.03. The van der Waals surface area contributed by atoms with Crippen LogP contribution < -0.4 is 31.2 Å². The smallest absolute Gasteiger partial charge is 0.273 e. The van der Waals surface area contributed by atoms with Crippen molar-refractivity contribution in [2.75, 3.05) is 17.4 Å². The molecule has 2 aromatic carbocycles. The van der Waals surface area contributed by atoms with Crippen LogP contribution >= 0.6 is 11.5 Å². The SMILES string of the molecule is CCC(C)(C)NC(=O)[C@H](c1ccc(F)cc1)N(C(=O)c1snc(C(N)=O)c1N)c1ccc2c(c1)OCO2. The average Bonchev–Trinajstić information content (AvgIpc) is 3.48. The third-order valence-electron chi connectivity index (χ3n) is 6.05. The number of nitrogen functional groups attached to an aromatic ring is 1. The maximum atomic E-state index is 14.1. The number of fused-ring (bicyclic) bond motifs is 1. The van der Waals surface area contributed by atoms with E-state index in [9.17, 15) is 18.8 Å². The Bertz CT molecular complexity index is 1360. The molecule has 12 heteroatoms. The molecule has 0 aliphatic carbocycles. The fourth-order valence-corrected chi connectivity index (χ4v) is 4.45. The molecule has 1 aliphatic rings. The number of hydrogen-bond donors (Lipinski definition) is 3. The summed E-state index contributed by atoms with van der Waals surface area (Å²) >= 11 is 0.691. The van der Waals surface area contributed by atoms with E-state index in [0.29, 0.717) is 35.0 Å². The minimum atomic E-state index is -1.25. The number of carbonyl (C=O) groups is 3. The summed E-state index contributed by atoms with van der Waals surface area (Å²) < 4.78 is 28.6. The van der Waals surface area contributed by atoms with Crippen LogP contribution in [0.15, 0.2) is 42.5 Å². The van der Waals surface area contributed by atoms with Crippen molar-refractivity contribution in [2.24, 2.45) is 5.73 Å². The van der Waals surface area contributed by atoms with Gasteiger partial charge in [0.25, 0.3) is 11.8 Å². The summed E-state index contributed by atoms with van der Waals surface area (Å²) in [7, 11) is 0. The summed E-state index contributed by atoms with van der Waals surface area (Å²) in [6.07, 6.45) is 0.608. The van der Waals surface area contributed by atoms with Crippen LogP contribution in [-0.2, 0) is 4.79 Å². The first kappa shape index (κ1) is 25.9. The largest absolute Gasteiger partial charge is 0.454 e. The van der Waals surface area contributed by atoms with Gasteiger partial charge in [0.05, 0.1) is 5.69 Å². The molecular formula is C25H26FN5O5S. The number of aromatic nitrogens is 1. The van der Waals surface area contributed by atoms with E-state index in [1.165, 1.54) is 29.2 Å². The highest BCUT2D eigenvalue weighted by molar-refractivity contribution is 7.09. The van der Waals surface area contributed by atoms with Crippen LogP contribution in [-0.4, -0.2) is 34.4 Å². The van der Waals surface area contributed by atoms with E-state index in [1.807, 2.05) is 20.8 Å². The molecule has 0 unspecified atom stereocenters. The van der Waals surface area contributed by atoms with Gasteiger partial charge >= 0.3 is 0 Å². The van der Waals surface area contributed by atoms with E-state index in [1.54, 1.807) is 18.2 Å². The second-order valence-electron chi connectivity index (χ2n) is 9.03. The number of ether oxygens (including phenoxy) is 2. The van der Waals surface area contributed by atoms with Crippen molar-refractivity contribution in [2.45, 2.75) is 38.8 Å². The maximum Gasteiger partial charge on any atom is 0.273 e. The van der Waals surface area contributed by atoms with E-state index in [0.717, 1.165) is 0 Å². The van der Waals surface area contributed by atoms with Crippen LogP contribution in [0.25, 0.3) is 0 Å². The molecule has 0 saturated heterocycles. The summed E-state index contributed by atoms with van der Waals surface area (Å²) in [5.74, 6) is -1.77. The van der Waals surface area contributed by atoms with Gasteiger partial charge in [0.15, 0.2) is 17.2 Å². The van der Waals surface area contributed by atoms with Crippen molar-refractivity contribution in [1.29, 1.82) is 0 Å². The van der Waals surface area contributed by atoms with Crippen molar-refractivity contribution in [3.05, 3.63) is 64.4 Å². The summed E-state index contributed by atoms with van der Waals surface area (Å²) in [5.41, 5.74) is 11.0. The number of anilines is 2. The Balaban J connectivity index is 1.91. The van der Waals surface area contributed by atoms with Crippen LogP contribution in [0, 0.1) is 5.82 Å². The zero-order valence-electron chi connectivity index (χ0n) is 20.4. The number of halogens is 1. The van der Waals surface area contributed by atoms with Crippen molar-refractivity contribution >= 4 is 40.6 Å². The molecule has 0 spiro atoms. The number of nitrogens with zero attached hydrogens (tertiary/aromatic N) is 2. The van der Waals surface area contributed by atoms with Crippen molar-refractivity contribution < 1.29 is 28.2 Å². The lowest BCUT2D eigenvalue weighted by atomic mass is 9.98. The second kappa shape index (κ2) is 10.1. The van der Waals surface area contributed by atoms with Gasteiger partial charge in [-0.3, -0.25) is 19.3 Å². The van der Waals surface area contributed by atoms with Crippen molar-refractivity contribution in [1.82, 2.24) is 9.69 Å². The first-order valence-corrected chi connectivity index (χ1v) is 12.2. The lowest BCUT2D eigenvalue weighted by Crippen LogP contribution is -2.50. The zero-order valence-corrected chi connectivity index (χ0v) is 21.2. The van der Waals surface area contributed by atoms with E-state index in [-0.39, 0.29) is 28.7 Å². The van der Waals surface area contributed by atoms with Gasteiger partial charge in [-0.1, -0.05) is 19.1 Å². The molecule has 0 radical (unpaired) electrons. The van der Waals surface area contributed by atoms with Gasteiger partial charge in [-0.2, -0.15) is 4.37 Å². The van der Waals surface area contributed by atoms with Gasteiger partial charge in [0.1, 0.15) is 16.7 Å². The van der Waals surface area contributed by atoms with Gasteiger partial charge in [0, 0.05) is 17.3 Å². The minimum absolute atomic E-state index is 0.00304. The van der Waals surface area contributed by atoms with E-state index < -0.39 is 35.1 Å². The Morgan fingerprint density at radius 3 is 2.46 bits per heavy atom. The third kappa shape index (κ3) is 5.19. The quantitative estimate of drug-likeness (QED) is 0.406. The number of primary amides is 1. The zero-order chi connectivity index (χ0) is 26.9. The van der Waals surface area contributed by atoms with Crippen LogP contribution in [0.2, 0.25) is 0 Å². The van der Waals surface area contributed by atoms with Crippen LogP contribution in [0.4, 0.5) is 15.8 Å². The Labute approximate surface area is 216 Å². The molecule has 194 valence electrons. The number of benzene rings is 2. The molecule has 3 amide bonds. The predicted molar refractivity (Wildman–Crippen MR) is 136 cm³/mol. The van der Waals surface area contributed by atoms with E-state index in [4.69, 9.17) is 20.9 Å². The van der Waals surface area contributed by atoms with Gasteiger partial charge < -0.3 is 26.3 Å². The first-order valence-electron chi connectivity index (χ1n) is 11.4. The number of nitrogens with one attached hydrogen (secondary N) is 1. The Morgan fingerprint density at radius 2 is 1.84 bits per heavy atom. The summed E-state index contributed by atoms with van der Waals surface area (Å²) in [4.78, 5) is 40.7. The monoisotopic (exact) mass is 527 g/mol. The van der Waals surface area contributed by atoms with Crippen LogP contribution in [0.5, 0.6) is 11.5 Å². The van der Waals surface area contributed by atoms with Gasteiger partial charge in [0.2, 0.25) is 12.7 Å². The molecule has 1 aliphatic heterocycles. The van der Waals surface area contributed by atoms with Gasteiger partial charge in [-0.15, -0.1) is 0 Å². The summed E-state index contributed by atoms with van der Waals surface area (Å²) in [6, 6.07) is 8.77. The highest BCUT2D eigenvalue weighted by Crippen LogP contribution is 2.40. The molecule has 3 aromatic rings. The van der Waals surface area contributed by atoms with Crippen LogP contribution in [0.1, 0.15) is 59.0 Å². The molecular weight excluding hydrogens is 501 g/mol. The lowest BCUT2D eigenvalue weighted by Gasteiger charge is -2.34. The van der Waals surface area contributed by atoms with E-state index in [2.05, 4.69) is 9.69 Å². The van der Waals surface area contributed by atoms with Gasteiger partial charge in [-0.25, -0.2) is 4.39 Å². The average molecular weight is 528 g/mol. The van der Waals surface area contributed by atoms with E-state index >= 15 is 0 Å². The first-order chi connectivity index (χ1) is 17.5. The molecule has 0 fully saturated rings.